The third-order valence-corrected chi connectivity index (χ3v) is 6.57. The zero-order valence-electron chi connectivity index (χ0n) is 17.5. The Kier molecular flexibility index (Phi) is 6.57. The minimum atomic E-state index is -0.253. The van der Waals surface area contributed by atoms with Crippen LogP contribution in [0.3, 0.4) is 0 Å². The van der Waals surface area contributed by atoms with Crippen LogP contribution in [0.15, 0.2) is 52.2 Å². The molecule has 158 valence electrons. The van der Waals surface area contributed by atoms with Crippen molar-refractivity contribution in [3.05, 3.63) is 54.0 Å². The number of thioether (sulfide) groups is 1. The molecule has 0 bridgehead atoms. The van der Waals surface area contributed by atoms with Gasteiger partial charge < -0.3 is 9.73 Å². The van der Waals surface area contributed by atoms with Crippen molar-refractivity contribution in [3.8, 4) is 11.4 Å². The monoisotopic (exact) mass is 424 g/mol. The summed E-state index contributed by atoms with van der Waals surface area (Å²) in [7, 11) is 0. The summed E-state index contributed by atoms with van der Waals surface area (Å²) < 4.78 is 7.59. The molecule has 1 aromatic carbocycles. The summed E-state index contributed by atoms with van der Waals surface area (Å²) >= 11 is 1.44. The Morgan fingerprint density at radius 1 is 1.23 bits per heavy atom. The number of aryl methyl sites for hydroxylation is 1. The highest BCUT2D eigenvalue weighted by Crippen LogP contribution is 2.29. The molecular weight excluding hydrogens is 396 g/mol. The maximum atomic E-state index is 12.8. The zero-order chi connectivity index (χ0) is 20.9. The van der Waals surface area contributed by atoms with Crippen LogP contribution in [0.1, 0.15) is 50.4 Å². The van der Waals surface area contributed by atoms with Crippen LogP contribution in [-0.2, 0) is 11.3 Å². The van der Waals surface area contributed by atoms with Crippen LogP contribution in [0.5, 0.6) is 0 Å². The normalized spacial score (nSPS) is 15.8. The van der Waals surface area contributed by atoms with Crippen LogP contribution in [0.4, 0.5) is 0 Å². The van der Waals surface area contributed by atoms with Crippen LogP contribution in [0, 0.1) is 6.92 Å². The van der Waals surface area contributed by atoms with Crippen molar-refractivity contribution in [2.24, 2.45) is 0 Å². The molecular formula is C23H28N4O2S. The fraction of sp³-hybridized carbons (Fsp3) is 0.435. The Morgan fingerprint density at radius 3 is 2.80 bits per heavy atom. The molecule has 2 heterocycles. The van der Waals surface area contributed by atoms with Crippen molar-refractivity contribution in [2.75, 3.05) is 0 Å². The first-order valence-electron chi connectivity index (χ1n) is 10.6. The highest BCUT2D eigenvalue weighted by Gasteiger charge is 2.24. The van der Waals surface area contributed by atoms with E-state index in [1.54, 1.807) is 6.26 Å². The van der Waals surface area contributed by atoms with Crippen molar-refractivity contribution in [1.29, 1.82) is 0 Å². The van der Waals surface area contributed by atoms with Crippen LogP contribution >= 0.6 is 11.8 Å². The lowest BCUT2D eigenvalue weighted by Crippen LogP contribution is -2.40. The lowest BCUT2D eigenvalue weighted by molar-refractivity contribution is -0.121. The Bertz CT molecular complexity index is 977. The molecule has 6 nitrogen and oxygen atoms in total. The number of hydrogen-bond donors (Lipinski definition) is 1. The first kappa shape index (κ1) is 20.7. The number of furan rings is 1. The van der Waals surface area contributed by atoms with Gasteiger partial charge in [-0.2, -0.15) is 0 Å². The van der Waals surface area contributed by atoms with Gasteiger partial charge in [0, 0.05) is 11.6 Å². The van der Waals surface area contributed by atoms with Gasteiger partial charge in [-0.1, -0.05) is 54.8 Å². The Morgan fingerprint density at radius 2 is 2.07 bits per heavy atom. The van der Waals surface area contributed by atoms with E-state index in [2.05, 4.69) is 34.6 Å². The summed E-state index contributed by atoms with van der Waals surface area (Å²) in [6.07, 6.45) is 7.49. The average molecular weight is 425 g/mol. The van der Waals surface area contributed by atoms with Crippen LogP contribution < -0.4 is 5.32 Å². The molecule has 1 N–H and O–H groups in total. The second kappa shape index (κ2) is 9.51. The number of carbonyl (C=O) groups excluding carboxylic acids is 1. The number of hydrogen-bond acceptors (Lipinski definition) is 5. The fourth-order valence-corrected chi connectivity index (χ4v) is 4.71. The molecule has 1 saturated carbocycles. The summed E-state index contributed by atoms with van der Waals surface area (Å²) in [5, 5.41) is 12.6. The molecule has 0 radical (unpaired) electrons. The third-order valence-electron chi connectivity index (χ3n) is 5.49. The second-order valence-electron chi connectivity index (χ2n) is 7.94. The van der Waals surface area contributed by atoms with Gasteiger partial charge in [0.25, 0.3) is 0 Å². The largest absolute Gasteiger partial charge is 0.467 e. The quantitative estimate of drug-likeness (QED) is 0.550. The standard InChI is InChI=1S/C23H28N4O2S/c1-16-8-6-9-18(14-16)21-25-26-23(27(21)15-20-12-7-13-29-20)30-17(2)22(28)24-19-10-4-3-5-11-19/h6-9,12-14,17,19H,3-5,10-11,15H2,1-2H3,(H,24,28). The van der Waals surface area contributed by atoms with Crippen molar-refractivity contribution < 1.29 is 9.21 Å². The molecule has 2 aromatic heterocycles. The molecule has 1 amide bonds. The van der Waals surface area contributed by atoms with Gasteiger partial charge in [0.1, 0.15) is 5.76 Å². The Balaban J connectivity index is 1.55. The van der Waals surface area contributed by atoms with Gasteiger partial charge in [-0.25, -0.2) is 0 Å². The summed E-state index contributed by atoms with van der Waals surface area (Å²) in [6.45, 7) is 4.51. The first-order valence-corrected chi connectivity index (χ1v) is 11.5. The van der Waals surface area contributed by atoms with Crippen molar-refractivity contribution >= 4 is 17.7 Å². The van der Waals surface area contributed by atoms with Gasteiger partial charge in [0.05, 0.1) is 18.1 Å². The highest BCUT2D eigenvalue weighted by atomic mass is 32.2. The van der Waals surface area contributed by atoms with Crippen molar-refractivity contribution in [1.82, 2.24) is 20.1 Å². The Labute approximate surface area is 181 Å². The number of benzene rings is 1. The SMILES string of the molecule is Cc1cccc(-c2nnc(SC(C)C(=O)NC3CCCCC3)n2Cc2ccco2)c1. The zero-order valence-corrected chi connectivity index (χ0v) is 18.3. The third kappa shape index (κ3) is 4.95. The number of amides is 1. The molecule has 1 unspecified atom stereocenters. The van der Waals surface area contributed by atoms with Gasteiger partial charge in [-0.15, -0.1) is 10.2 Å². The number of carbonyl (C=O) groups is 1. The van der Waals surface area contributed by atoms with E-state index in [9.17, 15) is 4.79 Å². The van der Waals surface area contributed by atoms with E-state index in [0.29, 0.717) is 17.7 Å². The van der Waals surface area contributed by atoms with Crippen LogP contribution in [0.25, 0.3) is 11.4 Å². The number of nitrogens with zero attached hydrogens (tertiary/aromatic N) is 3. The molecule has 1 aliphatic rings. The molecule has 1 fully saturated rings. The lowest BCUT2D eigenvalue weighted by atomic mass is 9.95. The molecule has 7 heteroatoms. The van der Waals surface area contributed by atoms with E-state index in [1.165, 1.54) is 31.0 Å². The van der Waals surface area contributed by atoms with Gasteiger partial charge >= 0.3 is 0 Å². The smallest absolute Gasteiger partial charge is 0.233 e. The molecule has 1 aliphatic carbocycles. The Hall–Kier alpha value is -2.54. The van der Waals surface area contributed by atoms with Gasteiger partial charge in [-0.05, 0) is 44.9 Å². The van der Waals surface area contributed by atoms with E-state index >= 15 is 0 Å². The van der Waals surface area contributed by atoms with E-state index in [1.807, 2.05) is 35.8 Å². The van der Waals surface area contributed by atoms with E-state index in [4.69, 9.17) is 4.42 Å². The van der Waals surface area contributed by atoms with Crippen molar-refractivity contribution in [3.63, 3.8) is 0 Å². The topological polar surface area (TPSA) is 73.0 Å². The highest BCUT2D eigenvalue weighted by molar-refractivity contribution is 8.00. The average Bonchev–Trinajstić information content (AvgIpc) is 3.39. The summed E-state index contributed by atoms with van der Waals surface area (Å²) in [5.74, 6) is 1.67. The molecule has 0 spiro atoms. The second-order valence-corrected chi connectivity index (χ2v) is 9.25. The number of aromatic nitrogens is 3. The van der Waals surface area contributed by atoms with E-state index in [-0.39, 0.29) is 11.2 Å². The minimum Gasteiger partial charge on any atom is -0.467 e. The summed E-state index contributed by atoms with van der Waals surface area (Å²) in [6, 6.07) is 12.3. The van der Waals surface area contributed by atoms with Crippen molar-refractivity contribution in [2.45, 2.75) is 68.9 Å². The van der Waals surface area contributed by atoms with Crippen LogP contribution in [-0.4, -0.2) is 32.0 Å². The van der Waals surface area contributed by atoms with Gasteiger partial charge in [0.15, 0.2) is 11.0 Å². The maximum Gasteiger partial charge on any atom is 0.233 e. The maximum absolute atomic E-state index is 12.8. The minimum absolute atomic E-state index is 0.0663. The summed E-state index contributed by atoms with van der Waals surface area (Å²) in [4.78, 5) is 12.8. The molecule has 30 heavy (non-hydrogen) atoms. The van der Waals surface area contributed by atoms with E-state index < -0.39 is 0 Å². The lowest BCUT2D eigenvalue weighted by Gasteiger charge is -2.24. The fourth-order valence-electron chi connectivity index (χ4n) is 3.85. The predicted molar refractivity (Wildman–Crippen MR) is 118 cm³/mol. The number of rotatable bonds is 7. The van der Waals surface area contributed by atoms with Crippen LogP contribution in [0.2, 0.25) is 0 Å². The summed E-state index contributed by atoms with van der Waals surface area (Å²) in [5.41, 5.74) is 2.16. The predicted octanol–water partition coefficient (Wildman–Crippen LogP) is 4.82. The number of nitrogens with one attached hydrogen (secondary N) is 1. The van der Waals surface area contributed by atoms with Gasteiger partial charge in [-0.3, -0.25) is 9.36 Å². The first-order chi connectivity index (χ1) is 14.6. The molecule has 1 atom stereocenters. The molecule has 4 rings (SSSR count). The van der Waals surface area contributed by atoms with E-state index in [0.717, 1.165) is 35.6 Å². The molecule has 0 saturated heterocycles. The molecule has 0 aliphatic heterocycles. The molecule has 3 aromatic rings. The van der Waals surface area contributed by atoms with Gasteiger partial charge in [0.2, 0.25) is 5.91 Å².